The molecular weight excluding hydrogens is 432 g/mol. The Hall–Kier alpha value is -1.97. The maximum absolute atomic E-state index is 12.6. The van der Waals surface area contributed by atoms with Gasteiger partial charge in [-0.1, -0.05) is 40.0 Å². The van der Waals surface area contributed by atoms with Crippen molar-refractivity contribution in [3.8, 4) is 0 Å². The summed E-state index contributed by atoms with van der Waals surface area (Å²) in [6.45, 7) is 12.1. The number of carbonyl (C=O) groups excluding carboxylic acids is 3. The van der Waals surface area contributed by atoms with E-state index in [4.69, 9.17) is 28.4 Å². The van der Waals surface area contributed by atoms with Crippen LogP contribution in [0.4, 0.5) is 0 Å². The minimum Gasteiger partial charge on any atom is -0.436 e. The van der Waals surface area contributed by atoms with Crippen molar-refractivity contribution in [2.24, 2.45) is 0 Å². The van der Waals surface area contributed by atoms with Crippen LogP contribution in [0.15, 0.2) is 11.6 Å². The van der Waals surface area contributed by atoms with Gasteiger partial charge in [-0.25, -0.2) is 9.59 Å². The molecule has 3 atom stereocenters. The van der Waals surface area contributed by atoms with Crippen LogP contribution in [-0.4, -0.2) is 56.6 Å². The van der Waals surface area contributed by atoms with Crippen LogP contribution in [-0.2, 0) is 42.8 Å². The van der Waals surface area contributed by atoms with Crippen molar-refractivity contribution in [3.63, 3.8) is 0 Å². The van der Waals surface area contributed by atoms with Crippen LogP contribution < -0.4 is 0 Å². The summed E-state index contributed by atoms with van der Waals surface area (Å²) in [5.41, 5.74) is -0.211. The number of esters is 3. The van der Waals surface area contributed by atoms with Gasteiger partial charge in [-0.05, 0) is 40.0 Å². The first-order valence-electron chi connectivity index (χ1n) is 11.9. The molecule has 0 heterocycles. The molecule has 9 nitrogen and oxygen atoms in total. The molecule has 192 valence electrons. The van der Waals surface area contributed by atoms with Gasteiger partial charge in [0.15, 0.2) is 18.9 Å². The van der Waals surface area contributed by atoms with E-state index in [0.29, 0.717) is 19.8 Å². The summed E-state index contributed by atoms with van der Waals surface area (Å²) in [7, 11) is 0. The summed E-state index contributed by atoms with van der Waals surface area (Å²) in [5.74, 6) is -2.43. The molecule has 0 radical (unpaired) electrons. The molecule has 0 bridgehead atoms. The second-order valence-corrected chi connectivity index (χ2v) is 7.55. The molecule has 0 rings (SSSR count). The fraction of sp³-hybridized carbons (Fsp3) is 0.792. The monoisotopic (exact) mass is 474 g/mol. The first-order chi connectivity index (χ1) is 15.7. The first-order valence-corrected chi connectivity index (χ1v) is 11.9. The Morgan fingerprint density at radius 3 is 1.55 bits per heavy atom. The zero-order chi connectivity index (χ0) is 25.1. The maximum Gasteiger partial charge on any atom is 0.337 e. The average Bonchev–Trinajstić information content (AvgIpc) is 2.73. The van der Waals surface area contributed by atoms with Crippen LogP contribution in [0.1, 0.15) is 86.5 Å². The number of unbranched alkanes of at least 4 members (excludes halogenated alkanes) is 3. The van der Waals surface area contributed by atoms with Crippen molar-refractivity contribution in [2.75, 3.05) is 19.8 Å². The zero-order valence-corrected chi connectivity index (χ0v) is 21.1. The van der Waals surface area contributed by atoms with Crippen LogP contribution in [0.5, 0.6) is 0 Å². The van der Waals surface area contributed by atoms with Crippen molar-refractivity contribution < 1.29 is 42.8 Å². The van der Waals surface area contributed by atoms with E-state index in [0.717, 1.165) is 44.6 Å². The van der Waals surface area contributed by atoms with E-state index in [1.165, 1.54) is 0 Å². The smallest absolute Gasteiger partial charge is 0.337 e. The molecule has 0 aliphatic carbocycles. The Kier molecular flexibility index (Phi) is 18.3. The lowest BCUT2D eigenvalue weighted by Gasteiger charge is -2.17. The molecule has 0 saturated heterocycles. The van der Waals surface area contributed by atoms with E-state index >= 15 is 0 Å². The number of hydrogen-bond donors (Lipinski definition) is 0. The van der Waals surface area contributed by atoms with Gasteiger partial charge in [0, 0.05) is 6.08 Å². The highest BCUT2D eigenvalue weighted by atomic mass is 16.7. The van der Waals surface area contributed by atoms with E-state index in [-0.39, 0.29) is 5.57 Å². The minimum absolute atomic E-state index is 0.211. The summed E-state index contributed by atoms with van der Waals surface area (Å²) >= 11 is 0. The van der Waals surface area contributed by atoms with Gasteiger partial charge in [0.25, 0.3) is 0 Å². The highest BCUT2D eigenvalue weighted by Crippen LogP contribution is 2.12. The van der Waals surface area contributed by atoms with Crippen molar-refractivity contribution in [1.29, 1.82) is 0 Å². The van der Waals surface area contributed by atoms with E-state index in [1.54, 1.807) is 20.8 Å². The van der Waals surface area contributed by atoms with Crippen LogP contribution >= 0.6 is 0 Å². The molecule has 0 fully saturated rings. The van der Waals surface area contributed by atoms with Crippen molar-refractivity contribution in [1.82, 2.24) is 0 Å². The third-order valence-electron chi connectivity index (χ3n) is 4.29. The van der Waals surface area contributed by atoms with Crippen molar-refractivity contribution in [3.05, 3.63) is 11.6 Å². The second kappa shape index (κ2) is 19.5. The molecule has 0 aliphatic heterocycles. The molecular formula is C24H42O9. The SMILES string of the molecule is CCCCOC(C)OC(=O)/C=C(\CC(=O)OC(C)OCCCC)C(=O)OC(C)OCCCC. The Morgan fingerprint density at radius 1 is 0.667 bits per heavy atom. The highest BCUT2D eigenvalue weighted by Gasteiger charge is 2.22. The molecule has 0 aliphatic rings. The molecule has 0 spiro atoms. The van der Waals surface area contributed by atoms with Crippen LogP contribution in [0.25, 0.3) is 0 Å². The second-order valence-electron chi connectivity index (χ2n) is 7.55. The van der Waals surface area contributed by atoms with Crippen LogP contribution in [0.3, 0.4) is 0 Å². The van der Waals surface area contributed by atoms with Gasteiger partial charge in [-0.3, -0.25) is 4.79 Å². The van der Waals surface area contributed by atoms with Gasteiger partial charge in [-0.2, -0.15) is 0 Å². The van der Waals surface area contributed by atoms with Crippen LogP contribution in [0.2, 0.25) is 0 Å². The van der Waals surface area contributed by atoms with Gasteiger partial charge in [0.05, 0.1) is 31.8 Å². The molecule has 0 saturated carbocycles. The summed E-state index contributed by atoms with van der Waals surface area (Å²) in [5, 5.41) is 0. The topological polar surface area (TPSA) is 107 Å². The molecule has 0 aromatic rings. The lowest BCUT2D eigenvalue weighted by Crippen LogP contribution is -2.25. The lowest BCUT2D eigenvalue weighted by molar-refractivity contribution is -0.178. The van der Waals surface area contributed by atoms with Gasteiger partial charge < -0.3 is 28.4 Å². The zero-order valence-electron chi connectivity index (χ0n) is 21.1. The van der Waals surface area contributed by atoms with Gasteiger partial charge in [-0.15, -0.1) is 0 Å². The molecule has 0 aromatic heterocycles. The summed E-state index contributed by atoms with van der Waals surface area (Å²) in [6, 6.07) is 0. The van der Waals surface area contributed by atoms with Crippen molar-refractivity contribution >= 4 is 17.9 Å². The standard InChI is InChI=1S/C24H42O9/c1-7-10-13-28-18(4)31-22(25)16-21(24(27)33-20(6)30-15-12-9-3)17-23(26)32-19(5)29-14-11-8-2/h16,18-20H,7-15,17H2,1-6H3/b21-16+. The fourth-order valence-electron chi connectivity index (χ4n) is 2.41. The highest BCUT2D eigenvalue weighted by molar-refractivity contribution is 5.99. The Morgan fingerprint density at radius 2 is 1.09 bits per heavy atom. The normalized spacial score (nSPS) is 14.3. The molecule has 3 unspecified atom stereocenters. The Balaban J connectivity index is 5.09. The predicted molar refractivity (Wildman–Crippen MR) is 122 cm³/mol. The van der Waals surface area contributed by atoms with E-state index in [9.17, 15) is 14.4 Å². The molecule has 9 heteroatoms. The van der Waals surface area contributed by atoms with E-state index in [2.05, 4.69) is 0 Å². The van der Waals surface area contributed by atoms with Crippen molar-refractivity contribution in [2.45, 2.75) is 105 Å². The molecule has 0 amide bonds. The third kappa shape index (κ3) is 17.2. The molecule has 0 N–H and O–H groups in total. The third-order valence-corrected chi connectivity index (χ3v) is 4.29. The Labute approximate surface area is 198 Å². The number of carbonyl (C=O) groups is 3. The quantitative estimate of drug-likeness (QED) is 0.0884. The fourth-order valence-corrected chi connectivity index (χ4v) is 2.41. The summed E-state index contributed by atoms with van der Waals surface area (Å²) < 4.78 is 31.7. The predicted octanol–water partition coefficient (Wildman–Crippen LogP) is 4.42. The minimum atomic E-state index is -0.869. The largest absolute Gasteiger partial charge is 0.436 e. The molecule has 33 heavy (non-hydrogen) atoms. The maximum atomic E-state index is 12.6. The Bertz CT molecular complexity index is 588. The average molecular weight is 475 g/mol. The van der Waals surface area contributed by atoms with E-state index < -0.39 is 43.2 Å². The van der Waals surface area contributed by atoms with Gasteiger partial charge >= 0.3 is 17.9 Å². The summed E-state index contributed by atoms with van der Waals surface area (Å²) in [6.07, 6.45) is 3.31. The number of ether oxygens (including phenoxy) is 6. The van der Waals surface area contributed by atoms with Crippen LogP contribution in [0, 0.1) is 0 Å². The number of hydrogen-bond acceptors (Lipinski definition) is 9. The number of rotatable bonds is 19. The molecule has 0 aromatic carbocycles. The van der Waals surface area contributed by atoms with Gasteiger partial charge in [0.1, 0.15) is 0 Å². The van der Waals surface area contributed by atoms with Gasteiger partial charge in [0.2, 0.25) is 0 Å². The summed E-state index contributed by atoms with van der Waals surface area (Å²) in [4.78, 5) is 37.2. The first kappa shape index (κ1) is 31.0. The van der Waals surface area contributed by atoms with E-state index in [1.807, 2.05) is 20.8 Å². The lowest BCUT2D eigenvalue weighted by atomic mass is 10.2.